The zero-order chi connectivity index (χ0) is 24.5. The van der Waals surface area contributed by atoms with Crippen LogP contribution in [0.15, 0.2) is 36.7 Å². The molecule has 8 nitrogen and oxygen atoms in total. The number of hydrogen-bond donors (Lipinski definition) is 3. The van der Waals surface area contributed by atoms with E-state index in [4.69, 9.17) is 0 Å². The van der Waals surface area contributed by atoms with Gasteiger partial charge in [0.2, 0.25) is 5.95 Å². The van der Waals surface area contributed by atoms with Crippen LogP contribution in [0.2, 0.25) is 0 Å². The van der Waals surface area contributed by atoms with Crippen LogP contribution in [0, 0.1) is 6.92 Å². The lowest BCUT2D eigenvalue weighted by Crippen LogP contribution is -2.32. The molecule has 1 atom stereocenters. The van der Waals surface area contributed by atoms with Gasteiger partial charge in [0.1, 0.15) is 16.3 Å². The number of likely N-dealkylation sites (tertiary alicyclic amines) is 1. The van der Waals surface area contributed by atoms with Crippen molar-refractivity contribution < 1.29 is 28.2 Å². The molecular formula is C22H22F3N5O3S. The number of amides is 1. The third-order valence-corrected chi connectivity index (χ3v) is 6.79. The Morgan fingerprint density at radius 3 is 2.74 bits per heavy atom. The molecule has 1 amide bonds. The summed E-state index contributed by atoms with van der Waals surface area (Å²) in [5, 5.41) is 23.7. The minimum atomic E-state index is -4.57. The first-order chi connectivity index (χ1) is 16.0. The summed E-state index contributed by atoms with van der Waals surface area (Å²) in [7, 11) is 0. The highest BCUT2D eigenvalue weighted by atomic mass is 32.1. The van der Waals surface area contributed by atoms with Crippen molar-refractivity contribution in [1.29, 1.82) is 0 Å². The van der Waals surface area contributed by atoms with E-state index in [0.29, 0.717) is 30.1 Å². The van der Waals surface area contributed by atoms with Crippen molar-refractivity contribution in [2.45, 2.75) is 38.0 Å². The van der Waals surface area contributed by atoms with E-state index in [-0.39, 0.29) is 18.9 Å². The highest BCUT2D eigenvalue weighted by Gasteiger charge is 2.36. The van der Waals surface area contributed by atoms with E-state index >= 15 is 0 Å². The third kappa shape index (κ3) is 5.28. The summed E-state index contributed by atoms with van der Waals surface area (Å²) < 4.78 is 38.9. The summed E-state index contributed by atoms with van der Waals surface area (Å²) >= 11 is 1.30. The summed E-state index contributed by atoms with van der Waals surface area (Å²) in [4.78, 5) is 25.1. The third-order valence-electron chi connectivity index (χ3n) is 5.55. The van der Waals surface area contributed by atoms with E-state index in [9.17, 15) is 28.2 Å². The fraction of sp³-hybridized carbons (Fsp3) is 0.364. The molecule has 2 aromatic heterocycles. The largest absolute Gasteiger partial charge is 0.465 e. The summed E-state index contributed by atoms with van der Waals surface area (Å²) in [6, 6.07) is 6.21. The molecule has 1 saturated heterocycles. The number of carboxylic acid groups (broad SMARTS) is 1. The Hall–Kier alpha value is -3.25. The number of aromatic nitrogens is 3. The van der Waals surface area contributed by atoms with Crippen molar-refractivity contribution >= 4 is 29.1 Å². The fourth-order valence-electron chi connectivity index (χ4n) is 3.85. The number of alkyl halides is 3. The van der Waals surface area contributed by atoms with E-state index in [1.807, 2.05) is 13.0 Å². The van der Waals surface area contributed by atoms with Crippen molar-refractivity contribution in [1.82, 2.24) is 19.9 Å². The lowest BCUT2D eigenvalue weighted by atomic mass is 9.96. The molecular weight excluding hydrogens is 471 g/mol. The number of thiazole rings is 1. The molecule has 0 unspecified atom stereocenters. The van der Waals surface area contributed by atoms with Gasteiger partial charge in [-0.2, -0.15) is 13.2 Å². The number of aryl methyl sites for hydroxylation is 1. The monoisotopic (exact) mass is 493 g/mol. The average molecular weight is 494 g/mol. The molecule has 3 aromatic rings. The van der Waals surface area contributed by atoms with Gasteiger partial charge >= 0.3 is 12.3 Å². The maximum absolute atomic E-state index is 13.0. The standard InChI is InChI=1S/C22H22F3N5O3S/c1-13-9-14(11-15(10-13)28-19-26-6-3-17(29-19)22(23,24)25)16-12-27-18(34-16)21(33)4-2-7-30(8-5-21)20(31)32/h3,6,9-12,33H,2,4-5,7-8H2,1H3,(H,31,32)(H,26,28,29)/t21-/m0/s1. The molecule has 3 heterocycles. The summed E-state index contributed by atoms with van der Waals surface area (Å²) in [5.74, 6) is -0.174. The Morgan fingerprint density at radius 2 is 2.00 bits per heavy atom. The van der Waals surface area contributed by atoms with Gasteiger partial charge in [0.25, 0.3) is 0 Å². The lowest BCUT2D eigenvalue weighted by molar-refractivity contribution is -0.141. The Morgan fingerprint density at radius 1 is 1.21 bits per heavy atom. The molecule has 0 bridgehead atoms. The van der Waals surface area contributed by atoms with Gasteiger partial charge in [-0.15, -0.1) is 11.3 Å². The van der Waals surface area contributed by atoms with Crippen LogP contribution in [-0.4, -0.2) is 49.2 Å². The van der Waals surface area contributed by atoms with Crippen LogP contribution >= 0.6 is 11.3 Å². The van der Waals surface area contributed by atoms with Crippen LogP contribution < -0.4 is 5.32 Å². The van der Waals surface area contributed by atoms with Crippen molar-refractivity contribution in [2.75, 3.05) is 18.4 Å². The van der Waals surface area contributed by atoms with Crippen molar-refractivity contribution in [2.24, 2.45) is 0 Å². The Balaban J connectivity index is 1.57. The Bertz CT molecular complexity index is 1200. The highest BCUT2D eigenvalue weighted by Crippen LogP contribution is 2.39. The molecule has 3 N–H and O–H groups in total. The van der Waals surface area contributed by atoms with Crippen LogP contribution in [0.5, 0.6) is 0 Å². The van der Waals surface area contributed by atoms with Crippen LogP contribution in [0.1, 0.15) is 35.5 Å². The van der Waals surface area contributed by atoms with Gasteiger partial charge in [-0.1, -0.05) is 6.07 Å². The molecule has 1 fully saturated rings. The maximum atomic E-state index is 13.0. The predicted octanol–water partition coefficient (Wildman–Crippen LogP) is 5.02. The number of aliphatic hydroxyl groups is 1. The number of nitrogens with one attached hydrogen (secondary N) is 1. The fourth-order valence-corrected chi connectivity index (χ4v) is 4.90. The van der Waals surface area contributed by atoms with Gasteiger partial charge in [0.05, 0.1) is 4.88 Å². The molecule has 1 aliphatic rings. The van der Waals surface area contributed by atoms with E-state index in [0.717, 1.165) is 28.3 Å². The molecule has 0 aliphatic carbocycles. The minimum absolute atomic E-state index is 0.174. The SMILES string of the molecule is Cc1cc(Nc2nccc(C(F)(F)F)n2)cc(-c2cnc([C@]3(O)CCCN(C(=O)O)CC3)s2)c1. The Kier molecular flexibility index (Phi) is 6.45. The van der Waals surface area contributed by atoms with Crippen molar-refractivity contribution in [3.63, 3.8) is 0 Å². The first kappa shape index (κ1) is 23.9. The normalized spacial score (nSPS) is 19.0. The van der Waals surface area contributed by atoms with Gasteiger partial charge < -0.3 is 20.4 Å². The predicted molar refractivity (Wildman–Crippen MR) is 120 cm³/mol. The van der Waals surface area contributed by atoms with E-state index in [1.165, 1.54) is 16.2 Å². The van der Waals surface area contributed by atoms with Gasteiger partial charge in [0, 0.05) is 37.6 Å². The maximum Gasteiger partial charge on any atom is 0.433 e. The number of carbonyl (C=O) groups is 1. The zero-order valence-corrected chi connectivity index (χ0v) is 18.9. The van der Waals surface area contributed by atoms with Gasteiger partial charge in [-0.25, -0.2) is 19.7 Å². The summed E-state index contributed by atoms with van der Waals surface area (Å²) in [6.07, 6.45) is -1.73. The Labute approximate surface area is 197 Å². The highest BCUT2D eigenvalue weighted by molar-refractivity contribution is 7.15. The molecule has 1 aromatic carbocycles. The average Bonchev–Trinajstić information content (AvgIpc) is 3.18. The number of halogens is 3. The van der Waals surface area contributed by atoms with E-state index < -0.39 is 23.6 Å². The second kappa shape index (κ2) is 9.18. The first-order valence-electron chi connectivity index (χ1n) is 10.5. The van der Waals surface area contributed by atoms with E-state index in [1.54, 1.807) is 18.3 Å². The summed E-state index contributed by atoms with van der Waals surface area (Å²) in [5.41, 5.74) is -0.128. The van der Waals surface area contributed by atoms with Gasteiger partial charge in [0.15, 0.2) is 0 Å². The minimum Gasteiger partial charge on any atom is -0.465 e. The number of hydrogen-bond acceptors (Lipinski definition) is 7. The molecule has 0 radical (unpaired) electrons. The summed E-state index contributed by atoms with van der Waals surface area (Å²) in [6.45, 7) is 2.43. The molecule has 1 aliphatic heterocycles. The molecule has 34 heavy (non-hydrogen) atoms. The second-order valence-corrected chi connectivity index (χ2v) is 9.19. The second-order valence-electron chi connectivity index (χ2n) is 8.16. The van der Waals surface area contributed by atoms with Gasteiger partial charge in [-0.3, -0.25) is 0 Å². The van der Waals surface area contributed by atoms with Crippen LogP contribution in [0.4, 0.5) is 29.6 Å². The lowest BCUT2D eigenvalue weighted by Gasteiger charge is -2.24. The smallest absolute Gasteiger partial charge is 0.433 e. The number of rotatable bonds is 4. The molecule has 0 spiro atoms. The van der Waals surface area contributed by atoms with E-state index in [2.05, 4.69) is 20.3 Å². The van der Waals surface area contributed by atoms with Crippen LogP contribution in [-0.2, 0) is 11.8 Å². The van der Waals surface area contributed by atoms with Crippen LogP contribution in [0.25, 0.3) is 10.4 Å². The van der Waals surface area contributed by atoms with Crippen LogP contribution in [0.3, 0.4) is 0 Å². The van der Waals surface area contributed by atoms with Crippen molar-refractivity contribution in [3.8, 4) is 10.4 Å². The number of nitrogens with zero attached hydrogens (tertiary/aromatic N) is 4. The van der Waals surface area contributed by atoms with Gasteiger partial charge in [-0.05, 0) is 49.1 Å². The van der Waals surface area contributed by atoms with Crippen molar-refractivity contribution in [3.05, 3.63) is 52.9 Å². The number of benzene rings is 1. The zero-order valence-electron chi connectivity index (χ0n) is 18.1. The quantitative estimate of drug-likeness (QED) is 0.468. The topological polar surface area (TPSA) is 111 Å². The number of anilines is 2. The molecule has 180 valence electrons. The molecule has 4 rings (SSSR count). The first-order valence-corrected chi connectivity index (χ1v) is 11.3. The molecule has 0 saturated carbocycles. The molecule has 12 heteroatoms.